The van der Waals surface area contributed by atoms with Gasteiger partial charge in [0.05, 0.1) is 24.0 Å². The lowest BCUT2D eigenvalue weighted by molar-refractivity contribution is -0.141. The van der Waals surface area contributed by atoms with E-state index in [0.717, 1.165) is 6.26 Å². The van der Waals surface area contributed by atoms with Crippen LogP contribution in [0, 0.1) is 6.92 Å². The summed E-state index contributed by atoms with van der Waals surface area (Å²) >= 11 is 0. The second-order valence-electron chi connectivity index (χ2n) is 5.59. The number of aryl methyl sites for hydroxylation is 1. The van der Waals surface area contributed by atoms with E-state index < -0.39 is 21.9 Å². The maximum Gasteiger partial charge on any atom is 0.306 e. The van der Waals surface area contributed by atoms with Crippen molar-refractivity contribution in [2.24, 2.45) is 0 Å². The smallest absolute Gasteiger partial charge is 0.306 e. The first-order valence-electron chi connectivity index (χ1n) is 7.12. The van der Waals surface area contributed by atoms with E-state index in [-0.39, 0.29) is 35.9 Å². The number of rotatable bonds is 4. The monoisotopic (exact) mass is 341 g/mol. The molecule has 126 valence electrons. The zero-order chi connectivity index (χ0) is 17.2. The van der Waals surface area contributed by atoms with E-state index >= 15 is 0 Å². The molecule has 1 aromatic rings. The van der Waals surface area contributed by atoms with E-state index in [2.05, 4.69) is 0 Å². The summed E-state index contributed by atoms with van der Waals surface area (Å²) in [6, 6.07) is 4.54. The highest BCUT2D eigenvalue weighted by Crippen LogP contribution is 2.19. The molecule has 0 aromatic heterocycles. The highest BCUT2D eigenvalue weighted by Gasteiger charge is 2.27. The number of carbonyl (C=O) groups excluding carboxylic acids is 1. The summed E-state index contributed by atoms with van der Waals surface area (Å²) in [5, 5.41) is 8.81. The van der Waals surface area contributed by atoms with Crippen LogP contribution < -0.4 is 0 Å². The highest BCUT2D eigenvalue weighted by molar-refractivity contribution is 7.90. The predicted octanol–water partition coefficient (Wildman–Crippen LogP) is 0.714. The minimum atomic E-state index is -3.42. The number of carbonyl (C=O) groups is 2. The van der Waals surface area contributed by atoms with Crippen LogP contribution in [0.15, 0.2) is 23.1 Å². The summed E-state index contributed by atoms with van der Waals surface area (Å²) in [7, 11) is -3.42. The van der Waals surface area contributed by atoms with Crippen molar-refractivity contribution >= 4 is 21.7 Å². The molecule has 1 heterocycles. The van der Waals surface area contributed by atoms with Gasteiger partial charge in [0.1, 0.15) is 0 Å². The molecule has 1 aromatic carbocycles. The first-order valence-corrected chi connectivity index (χ1v) is 9.01. The largest absolute Gasteiger partial charge is 0.481 e. The molecule has 1 aliphatic rings. The van der Waals surface area contributed by atoms with Crippen LogP contribution in [-0.2, 0) is 19.4 Å². The van der Waals surface area contributed by atoms with Gasteiger partial charge in [-0.3, -0.25) is 9.59 Å². The van der Waals surface area contributed by atoms with Gasteiger partial charge in [-0.15, -0.1) is 0 Å². The molecule has 0 aliphatic carbocycles. The molecule has 23 heavy (non-hydrogen) atoms. The molecule has 0 bridgehead atoms. The Hall–Kier alpha value is -1.93. The highest BCUT2D eigenvalue weighted by atomic mass is 32.2. The van der Waals surface area contributed by atoms with Crippen LogP contribution in [0.1, 0.15) is 22.3 Å². The van der Waals surface area contributed by atoms with Crippen LogP contribution in [0.2, 0.25) is 0 Å². The second-order valence-corrected chi connectivity index (χ2v) is 7.58. The van der Waals surface area contributed by atoms with E-state index in [9.17, 15) is 18.0 Å². The van der Waals surface area contributed by atoms with Crippen molar-refractivity contribution in [1.82, 2.24) is 4.90 Å². The second kappa shape index (κ2) is 6.67. The first-order chi connectivity index (χ1) is 10.7. The van der Waals surface area contributed by atoms with Gasteiger partial charge in [0.15, 0.2) is 9.84 Å². The number of nitrogens with zero attached hydrogens (tertiary/aromatic N) is 1. The lowest BCUT2D eigenvalue weighted by atomic mass is 10.1. The number of benzene rings is 1. The van der Waals surface area contributed by atoms with E-state index in [4.69, 9.17) is 9.84 Å². The summed E-state index contributed by atoms with van der Waals surface area (Å²) in [5.41, 5.74) is 0.849. The third-order valence-electron chi connectivity index (χ3n) is 3.66. The van der Waals surface area contributed by atoms with Crippen molar-refractivity contribution in [2.45, 2.75) is 24.3 Å². The third kappa shape index (κ3) is 4.29. The summed E-state index contributed by atoms with van der Waals surface area (Å²) < 4.78 is 28.9. The number of ether oxygens (including phenoxy) is 1. The Balaban J connectivity index is 2.22. The van der Waals surface area contributed by atoms with E-state index in [1.165, 1.54) is 11.0 Å². The molecule has 1 amide bonds. The van der Waals surface area contributed by atoms with Gasteiger partial charge in [-0.2, -0.15) is 0 Å². The van der Waals surface area contributed by atoms with Gasteiger partial charge in [-0.25, -0.2) is 8.42 Å². The number of morpholine rings is 1. The maximum atomic E-state index is 12.5. The normalized spacial score (nSPS) is 18.7. The Morgan fingerprint density at radius 3 is 2.70 bits per heavy atom. The van der Waals surface area contributed by atoms with Crippen LogP contribution in [0.3, 0.4) is 0 Å². The van der Waals surface area contributed by atoms with Crippen LogP contribution in [0.25, 0.3) is 0 Å². The molecular formula is C15H19NO6S. The molecular weight excluding hydrogens is 322 g/mol. The SMILES string of the molecule is Cc1ccc(C(=O)N2CCO[C@@H](CC(=O)O)C2)cc1S(C)(=O)=O. The molecule has 1 fully saturated rings. The first kappa shape index (κ1) is 17.4. The zero-order valence-corrected chi connectivity index (χ0v) is 13.8. The van der Waals surface area contributed by atoms with Gasteiger partial charge in [0.2, 0.25) is 0 Å². The zero-order valence-electron chi connectivity index (χ0n) is 13.0. The van der Waals surface area contributed by atoms with Crippen molar-refractivity contribution in [2.75, 3.05) is 26.0 Å². The van der Waals surface area contributed by atoms with Gasteiger partial charge in [-0.05, 0) is 24.6 Å². The Kier molecular flexibility index (Phi) is 5.06. The van der Waals surface area contributed by atoms with E-state index in [1.807, 2.05) is 0 Å². The van der Waals surface area contributed by atoms with Gasteiger partial charge in [0, 0.05) is 24.9 Å². The van der Waals surface area contributed by atoms with Gasteiger partial charge in [-0.1, -0.05) is 6.07 Å². The fraction of sp³-hybridized carbons (Fsp3) is 0.467. The molecule has 0 unspecified atom stereocenters. The number of hydrogen-bond donors (Lipinski definition) is 1. The Morgan fingerprint density at radius 2 is 2.09 bits per heavy atom. The third-order valence-corrected chi connectivity index (χ3v) is 4.90. The van der Waals surface area contributed by atoms with Gasteiger partial charge < -0.3 is 14.7 Å². The van der Waals surface area contributed by atoms with Crippen molar-refractivity contribution in [1.29, 1.82) is 0 Å². The number of amides is 1. The molecule has 0 saturated carbocycles. The average molecular weight is 341 g/mol. The number of aliphatic carboxylic acids is 1. The fourth-order valence-electron chi connectivity index (χ4n) is 2.54. The van der Waals surface area contributed by atoms with Crippen LogP contribution in [-0.4, -0.2) is 62.4 Å². The van der Waals surface area contributed by atoms with Crippen molar-refractivity contribution < 1.29 is 27.9 Å². The van der Waals surface area contributed by atoms with Crippen LogP contribution in [0.5, 0.6) is 0 Å². The summed E-state index contributed by atoms with van der Waals surface area (Å²) in [6.45, 7) is 2.45. The molecule has 7 nitrogen and oxygen atoms in total. The van der Waals surface area contributed by atoms with Gasteiger partial charge >= 0.3 is 5.97 Å². The summed E-state index contributed by atoms with van der Waals surface area (Å²) in [5.74, 6) is -1.31. The molecule has 0 spiro atoms. The van der Waals surface area contributed by atoms with Crippen LogP contribution >= 0.6 is 0 Å². The standard InChI is InChI=1S/C15H19NO6S/c1-10-3-4-11(7-13(10)23(2,20)21)15(19)16-5-6-22-12(9-16)8-14(17)18/h3-4,7,12H,5-6,8-9H2,1-2H3,(H,17,18)/t12-/m0/s1. The Bertz CT molecular complexity index is 727. The fourth-order valence-corrected chi connectivity index (χ4v) is 3.53. The summed E-state index contributed by atoms with van der Waals surface area (Å²) in [4.78, 5) is 24.9. The lowest BCUT2D eigenvalue weighted by Gasteiger charge is -2.32. The molecule has 1 N–H and O–H groups in total. The Labute approximate surface area is 134 Å². The Morgan fingerprint density at radius 1 is 1.39 bits per heavy atom. The van der Waals surface area contributed by atoms with E-state index in [1.54, 1.807) is 19.1 Å². The molecule has 8 heteroatoms. The number of hydrogen-bond acceptors (Lipinski definition) is 5. The molecule has 2 rings (SSSR count). The van der Waals surface area contributed by atoms with Crippen molar-refractivity contribution in [3.05, 3.63) is 29.3 Å². The maximum absolute atomic E-state index is 12.5. The lowest BCUT2D eigenvalue weighted by Crippen LogP contribution is -2.46. The van der Waals surface area contributed by atoms with Crippen LogP contribution in [0.4, 0.5) is 0 Å². The topological polar surface area (TPSA) is 101 Å². The predicted molar refractivity (Wildman–Crippen MR) is 82.2 cm³/mol. The minimum Gasteiger partial charge on any atom is -0.481 e. The summed E-state index contributed by atoms with van der Waals surface area (Å²) in [6.07, 6.45) is 0.373. The average Bonchev–Trinajstić information content (AvgIpc) is 2.45. The molecule has 0 radical (unpaired) electrons. The minimum absolute atomic E-state index is 0.124. The quantitative estimate of drug-likeness (QED) is 0.866. The molecule has 1 aliphatic heterocycles. The number of carboxylic acids is 1. The van der Waals surface area contributed by atoms with Gasteiger partial charge in [0.25, 0.3) is 5.91 Å². The molecule has 1 saturated heterocycles. The van der Waals surface area contributed by atoms with Crippen molar-refractivity contribution in [3.8, 4) is 0 Å². The number of carboxylic acid groups (broad SMARTS) is 1. The van der Waals surface area contributed by atoms with E-state index in [0.29, 0.717) is 12.1 Å². The van der Waals surface area contributed by atoms with Crippen molar-refractivity contribution in [3.63, 3.8) is 0 Å². The molecule has 1 atom stereocenters. The number of sulfone groups is 1.